The molecule has 0 N–H and O–H groups in total. The second-order valence-electron chi connectivity index (χ2n) is 5.72. The second-order valence-corrected chi connectivity index (χ2v) is 8.11. The van der Waals surface area contributed by atoms with Crippen molar-refractivity contribution in [2.24, 2.45) is 7.05 Å². The third kappa shape index (κ3) is 2.40. The van der Waals surface area contributed by atoms with E-state index in [-0.39, 0.29) is 10.8 Å². The molecule has 3 heterocycles. The average molecular weight is 348 g/mol. The Hall–Kier alpha value is -1.67. The van der Waals surface area contributed by atoms with Crippen LogP contribution in [-0.4, -0.2) is 19.7 Å². The number of aromatic nitrogens is 4. The molecular weight excluding hydrogens is 332 g/mol. The number of nitrogens with zero attached hydrogens (tertiary/aromatic N) is 4. The number of rotatable bonds is 3. The molecule has 0 radical (unpaired) electrons. The zero-order valence-electron chi connectivity index (χ0n) is 13.1. The zero-order chi connectivity index (χ0) is 16.1. The number of thiophene rings is 1. The molecule has 0 amide bonds. The summed E-state index contributed by atoms with van der Waals surface area (Å²) in [4.78, 5) is 19.7. The van der Waals surface area contributed by atoms with Gasteiger partial charge in [0.05, 0.1) is 10.6 Å². The summed E-state index contributed by atoms with van der Waals surface area (Å²) >= 11 is 3.13. The summed E-state index contributed by atoms with van der Waals surface area (Å²) in [5.41, 5.74) is 1.26. The molecule has 1 aliphatic rings. The van der Waals surface area contributed by atoms with Gasteiger partial charge in [0.15, 0.2) is 5.16 Å². The Labute approximate surface area is 140 Å². The maximum Gasteiger partial charge on any atom is 0.262 e. The molecule has 120 valence electrons. The van der Waals surface area contributed by atoms with Crippen molar-refractivity contribution in [1.82, 2.24) is 19.7 Å². The van der Waals surface area contributed by atoms with E-state index in [0.29, 0.717) is 16.9 Å². The predicted octanol–water partition coefficient (Wildman–Crippen LogP) is 3.03. The monoisotopic (exact) mass is 348 g/mol. The van der Waals surface area contributed by atoms with Crippen molar-refractivity contribution in [3.05, 3.63) is 32.6 Å². The van der Waals surface area contributed by atoms with Crippen LogP contribution in [0.15, 0.2) is 14.4 Å². The first-order valence-electron chi connectivity index (χ1n) is 7.52. The minimum atomic E-state index is -0.0569. The van der Waals surface area contributed by atoms with Crippen LogP contribution in [0.4, 0.5) is 0 Å². The van der Waals surface area contributed by atoms with Gasteiger partial charge in [-0.25, -0.2) is 4.98 Å². The van der Waals surface area contributed by atoms with Gasteiger partial charge in [-0.05, 0) is 31.7 Å². The first kappa shape index (κ1) is 14.9. The quantitative estimate of drug-likeness (QED) is 0.535. The van der Waals surface area contributed by atoms with E-state index >= 15 is 0 Å². The molecule has 1 aliphatic carbocycles. The predicted molar refractivity (Wildman–Crippen MR) is 90.2 cm³/mol. The molecule has 4 rings (SSSR count). The highest BCUT2D eigenvalue weighted by molar-refractivity contribution is 7.99. The minimum Gasteiger partial charge on any atom is -0.424 e. The Balaban J connectivity index is 1.76. The Morgan fingerprint density at radius 1 is 1.35 bits per heavy atom. The van der Waals surface area contributed by atoms with Crippen molar-refractivity contribution in [3.8, 4) is 0 Å². The summed E-state index contributed by atoms with van der Waals surface area (Å²) in [5.74, 6) is 1.09. The van der Waals surface area contributed by atoms with Crippen LogP contribution in [-0.2, 0) is 19.9 Å². The molecular formula is C15H16N4O2S2. The Kier molecular flexibility index (Phi) is 3.53. The van der Waals surface area contributed by atoms with E-state index in [1.165, 1.54) is 22.2 Å². The van der Waals surface area contributed by atoms with E-state index in [0.717, 1.165) is 29.5 Å². The third-order valence-corrected chi connectivity index (χ3v) is 6.39. The van der Waals surface area contributed by atoms with E-state index in [4.69, 9.17) is 9.40 Å². The molecule has 23 heavy (non-hydrogen) atoms. The van der Waals surface area contributed by atoms with Gasteiger partial charge in [-0.3, -0.25) is 9.36 Å². The lowest BCUT2D eigenvalue weighted by atomic mass is 10.2. The first-order chi connectivity index (χ1) is 11.0. The van der Waals surface area contributed by atoms with Crippen LogP contribution < -0.4 is 5.56 Å². The van der Waals surface area contributed by atoms with Gasteiger partial charge in [0.25, 0.3) is 5.56 Å². The lowest BCUT2D eigenvalue weighted by molar-refractivity contribution is 0.469. The summed E-state index contributed by atoms with van der Waals surface area (Å²) in [5, 5.41) is 9.35. The molecule has 0 fully saturated rings. The maximum absolute atomic E-state index is 12.8. The molecule has 0 bridgehead atoms. The Bertz CT molecular complexity index is 956. The summed E-state index contributed by atoms with van der Waals surface area (Å²) in [6, 6.07) is 0. The third-order valence-electron chi connectivity index (χ3n) is 4.08. The zero-order valence-corrected chi connectivity index (χ0v) is 14.8. The Morgan fingerprint density at radius 3 is 2.91 bits per heavy atom. The standard InChI is InChI=1S/C15H16N4O2S2/c1-7(12-18-17-8(2)21-12)22-15-16-13-11(14(20)19(15)3)9-5-4-6-10(9)23-13/h7H,4-6H2,1-3H3. The molecule has 0 saturated heterocycles. The van der Waals surface area contributed by atoms with Crippen LogP contribution in [0.5, 0.6) is 0 Å². The van der Waals surface area contributed by atoms with E-state index in [2.05, 4.69) is 10.2 Å². The van der Waals surface area contributed by atoms with Crippen LogP contribution in [0.1, 0.15) is 40.8 Å². The van der Waals surface area contributed by atoms with E-state index < -0.39 is 0 Å². The number of hydrogen-bond donors (Lipinski definition) is 0. The fourth-order valence-electron chi connectivity index (χ4n) is 2.90. The van der Waals surface area contributed by atoms with Crippen molar-refractivity contribution in [1.29, 1.82) is 0 Å². The molecule has 0 saturated carbocycles. The molecule has 1 unspecified atom stereocenters. The molecule has 0 aliphatic heterocycles. The fourth-order valence-corrected chi connectivity index (χ4v) is 5.10. The fraction of sp³-hybridized carbons (Fsp3) is 0.467. The van der Waals surface area contributed by atoms with Gasteiger partial charge in [0.2, 0.25) is 11.8 Å². The van der Waals surface area contributed by atoms with Crippen molar-refractivity contribution in [2.45, 2.75) is 43.5 Å². The highest BCUT2D eigenvalue weighted by Gasteiger charge is 2.24. The van der Waals surface area contributed by atoms with Gasteiger partial charge in [-0.1, -0.05) is 11.8 Å². The molecule has 0 spiro atoms. The molecule has 3 aromatic rings. The number of aryl methyl sites for hydroxylation is 3. The first-order valence-corrected chi connectivity index (χ1v) is 9.22. The number of thioether (sulfide) groups is 1. The van der Waals surface area contributed by atoms with E-state index in [9.17, 15) is 4.79 Å². The minimum absolute atomic E-state index is 0.0470. The Morgan fingerprint density at radius 2 is 2.17 bits per heavy atom. The summed E-state index contributed by atoms with van der Waals surface area (Å²) in [6.45, 7) is 3.74. The van der Waals surface area contributed by atoms with Gasteiger partial charge in [-0.2, -0.15) is 0 Å². The lowest BCUT2D eigenvalue weighted by Gasteiger charge is -2.10. The van der Waals surface area contributed by atoms with Crippen LogP contribution in [0.25, 0.3) is 10.2 Å². The number of fused-ring (bicyclic) bond motifs is 3. The lowest BCUT2D eigenvalue weighted by Crippen LogP contribution is -2.20. The van der Waals surface area contributed by atoms with Crippen molar-refractivity contribution < 1.29 is 4.42 Å². The van der Waals surface area contributed by atoms with Gasteiger partial charge in [0, 0.05) is 18.8 Å². The van der Waals surface area contributed by atoms with Gasteiger partial charge in [-0.15, -0.1) is 21.5 Å². The van der Waals surface area contributed by atoms with Crippen LogP contribution in [0.2, 0.25) is 0 Å². The number of hydrogen-bond acceptors (Lipinski definition) is 7. The van der Waals surface area contributed by atoms with Crippen LogP contribution >= 0.6 is 23.1 Å². The van der Waals surface area contributed by atoms with E-state index in [1.807, 2.05) is 6.92 Å². The van der Waals surface area contributed by atoms with Crippen LogP contribution in [0, 0.1) is 6.92 Å². The normalized spacial score (nSPS) is 15.3. The molecule has 1 atom stereocenters. The van der Waals surface area contributed by atoms with Crippen molar-refractivity contribution in [2.75, 3.05) is 0 Å². The van der Waals surface area contributed by atoms with E-state index in [1.54, 1.807) is 29.9 Å². The van der Waals surface area contributed by atoms with Crippen molar-refractivity contribution >= 4 is 33.3 Å². The van der Waals surface area contributed by atoms with Gasteiger partial charge < -0.3 is 4.42 Å². The largest absolute Gasteiger partial charge is 0.424 e. The molecule has 6 nitrogen and oxygen atoms in total. The molecule has 0 aromatic carbocycles. The topological polar surface area (TPSA) is 73.8 Å². The SMILES string of the molecule is Cc1nnc(C(C)Sc2nc3sc4c(c3c(=O)n2C)CCC4)o1. The molecule has 8 heteroatoms. The highest BCUT2D eigenvalue weighted by atomic mass is 32.2. The van der Waals surface area contributed by atoms with Crippen molar-refractivity contribution in [3.63, 3.8) is 0 Å². The molecule has 3 aromatic heterocycles. The summed E-state index contributed by atoms with van der Waals surface area (Å²) < 4.78 is 7.11. The van der Waals surface area contributed by atoms with Gasteiger partial charge >= 0.3 is 0 Å². The highest BCUT2D eigenvalue weighted by Crippen LogP contribution is 2.37. The van der Waals surface area contributed by atoms with Gasteiger partial charge in [0.1, 0.15) is 4.83 Å². The summed E-state index contributed by atoms with van der Waals surface area (Å²) in [6.07, 6.45) is 3.21. The summed E-state index contributed by atoms with van der Waals surface area (Å²) in [7, 11) is 1.78. The maximum atomic E-state index is 12.8. The second kappa shape index (κ2) is 5.45. The smallest absolute Gasteiger partial charge is 0.262 e. The average Bonchev–Trinajstić information content (AvgIpc) is 3.19. The van der Waals surface area contributed by atoms with Crippen LogP contribution in [0.3, 0.4) is 0 Å².